The van der Waals surface area contributed by atoms with Crippen LogP contribution in [0, 0.1) is 6.92 Å². The Bertz CT molecular complexity index is 914. The maximum absolute atomic E-state index is 5.35. The van der Waals surface area contributed by atoms with E-state index in [0.29, 0.717) is 17.4 Å². The van der Waals surface area contributed by atoms with Gasteiger partial charge in [0, 0.05) is 30.2 Å². The first-order valence-corrected chi connectivity index (χ1v) is 8.81. The van der Waals surface area contributed by atoms with Gasteiger partial charge in [-0.25, -0.2) is 4.98 Å². The lowest BCUT2D eigenvalue weighted by Gasteiger charge is -2.22. The number of aromatic nitrogens is 2. The SMILES string of the molecule is CCN(c1cccc(C)c1)c1ccnc(Nc2ccc(OC)c(OC)c2)n1. The van der Waals surface area contributed by atoms with E-state index in [4.69, 9.17) is 9.47 Å². The van der Waals surface area contributed by atoms with E-state index in [9.17, 15) is 0 Å². The van der Waals surface area contributed by atoms with Gasteiger partial charge < -0.3 is 19.7 Å². The number of ether oxygens (including phenoxy) is 2. The Kier molecular flexibility index (Phi) is 5.76. The maximum Gasteiger partial charge on any atom is 0.229 e. The van der Waals surface area contributed by atoms with Crippen molar-refractivity contribution in [2.45, 2.75) is 13.8 Å². The third-order valence-electron chi connectivity index (χ3n) is 4.19. The maximum atomic E-state index is 5.35. The van der Waals surface area contributed by atoms with Gasteiger partial charge >= 0.3 is 0 Å². The zero-order chi connectivity index (χ0) is 19.2. The van der Waals surface area contributed by atoms with Crippen LogP contribution in [-0.2, 0) is 0 Å². The fourth-order valence-electron chi connectivity index (χ4n) is 2.88. The topological polar surface area (TPSA) is 59.5 Å². The van der Waals surface area contributed by atoms with E-state index in [2.05, 4.69) is 58.3 Å². The Labute approximate surface area is 159 Å². The number of hydrogen-bond acceptors (Lipinski definition) is 6. The lowest BCUT2D eigenvalue weighted by molar-refractivity contribution is 0.355. The van der Waals surface area contributed by atoms with Crippen molar-refractivity contribution in [3.8, 4) is 11.5 Å². The Morgan fingerprint density at radius 3 is 2.52 bits per heavy atom. The van der Waals surface area contributed by atoms with E-state index in [-0.39, 0.29) is 0 Å². The molecular weight excluding hydrogens is 340 g/mol. The molecule has 0 unspecified atom stereocenters. The number of benzene rings is 2. The third kappa shape index (κ3) is 4.28. The van der Waals surface area contributed by atoms with Gasteiger partial charge in [-0.15, -0.1) is 0 Å². The second kappa shape index (κ2) is 8.40. The highest BCUT2D eigenvalue weighted by molar-refractivity contribution is 5.64. The number of rotatable bonds is 7. The Morgan fingerprint density at radius 2 is 1.81 bits per heavy atom. The molecule has 1 heterocycles. The molecule has 0 radical (unpaired) electrons. The van der Waals surface area contributed by atoms with E-state index >= 15 is 0 Å². The Balaban J connectivity index is 1.87. The fourth-order valence-corrected chi connectivity index (χ4v) is 2.88. The van der Waals surface area contributed by atoms with Crippen molar-refractivity contribution < 1.29 is 9.47 Å². The largest absolute Gasteiger partial charge is 0.493 e. The van der Waals surface area contributed by atoms with Gasteiger partial charge in [-0.2, -0.15) is 4.98 Å². The zero-order valence-electron chi connectivity index (χ0n) is 16.1. The summed E-state index contributed by atoms with van der Waals surface area (Å²) in [5.74, 6) is 2.68. The number of aryl methyl sites for hydroxylation is 1. The van der Waals surface area contributed by atoms with Crippen molar-refractivity contribution in [3.05, 3.63) is 60.3 Å². The van der Waals surface area contributed by atoms with Crippen LogP contribution in [-0.4, -0.2) is 30.7 Å². The number of anilines is 4. The van der Waals surface area contributed by atoms with Gasteiger partial charge in [0.1, 0.15) is 5.82 Å². The molecule has 1 aromatic heterocycles. The van der Waals surface area contributed by atoms with Crippen molar-refractivity contribution >= 4 is 23.1 Å². The molecule has 0 aliphatic heterocycles. The minimum absolute atomic E-state index is 0.519. The summed E-state index contributed by atoms with van der Waals surface area (Å²) < 4.78 is 10.6. The average molecular weight is 364 g/mol. The highest BCUT2D eigenvalue weighted by atomic mass is 16.5. The second-order valence-electron chi connectivity index (χ2n) is 6.02. The Hall–Kier alpha value is -3.28. The monoisotopic (exact) mass is 364 g/mol. The zero-order valence-corrected chi connectivity index (χ0v) is 16.1. The molecule has 6 heteroatoms. The van der Waals surface area contributed by atoms with Gasteiger partial charge in [0.25, 0.3) is 0 Å². The molecule has 0 aliphatic rings. The summed E-state index contributed by atoms with van der Waals surface area (Å²) in [6.45, 7) is 4.99. The minimum Gasteiger partial charge on any atom is -0.493 e. The molecule has 6 nitrogen and oxygen atoms in total. The quantitative estimate of drug-likeness (QED) is 0.655. The van der Waals surface area contributed by atoms with Gasteiger partial charge in [0.2, 0.25) is 5.95 Å². The third-order valence-corrected chi connectivity index (χ3v) is 4.19. The van der Waals surface area contributed by atoms with Gasteiger partial charge in [-0.3, -0.25) is 0 Å². The molecular formula is C21H24N4O2. The Morgan fingerprint density at radius 1 is 1.00 bits per heavy atom. The van der Waals surface area contributed by atoms with Crippen molar-refractivity contribution in [3.63, 3.8) is 0 Å². The van der Waals surface area contributed by atoms with Crippen LogP contribution in [0.15, 0.2) is 54.7 Å². The normalized spacial score (nSPS) is 10.4. The highest BCUT2D eigenvalue weighted by Crippen LogP contribution is 2.31. The average Bonchev–Trinajstić information content (AvgIpc) is 2.69. The standard InChI is InChI=1S/C21H24N4O2/c1-5-25(17-8-6-7-15(2)13-17)20-11-12-22-21(24-20)23-16-9-10-18(26-3)19(14-16)27-4/h6-14H,5H2,1-4H3,(H,22,23,24). The van der Waals surface area contributed by atoms with E-state index in [1.54, 1.807) is 20.4 Å². The van der Waals surface area contributed by atoms with Crippen LogP contribution in [0.5, 0.6) is 11.5 Å². The van der Waals surface area contributed by atoms with Crippen LogP contribution >= 0.6 is 0 Å². The summed E-state index contributed by atoms with van der Waals surface area (Å²) in [5, 5.41) is 3.23. The van der Waals surface area contributed by atoms with Crippen molar-refractivity contribution in [2.75, 3.05) is 31.0 Å². The summed E-state index contributed by atoms with van der Waals surface area (Å²) >= 11 is 0. The molecule has 0 amide bonds. The molecule has 2 aromatic carbocycles. The molecule has 0 bridgehead atoms. The first-order chi connectivity index (χ1) is 13.1. The van der Waals surface area contributed by atoms with Crippen LogP contribution < -0.4 is 19.7 Å². The lowest BCUT2D eigenvalue weighted by Crippen LogP contribution is -2.18. The molecule has 1 N–H and O–H groups in total. The predicted octanol–water partition coefficient (Wildman–Crippen LogP) is 4.70. The molecule has 3 rings (SSSR count). The number of nitrogens with one attached hydrogen (secondary N) is 1. The minimum atomic E-state index is 0.519. The molecule has 0 saturated heterocycles. The van der Waals surface area contributed by atoms with Gasteiger partial charge in [-0.1, -0.05) is 12.1 Å². The van der Waals surface area contributed by atoms with Crippen LogP contribution in [0.25, 0.3) is 0 Å². The van der Waals surface area contributed by atoms with Crippen molar-refractivity contribution in [1.29, 1.82) is 0 Å². The van der Waals surface area contributed by atoms with Crippen LogP contribution in [0.3, 0.4) is 0 Å². The first-order valence-electron chi connectivity index (χ1n) is 8.81. The van der Waals surface area contributed by atoms with E-state index in [1.165, 1.54) is 5.56 Å². The smallest absolute Gasteiger partial charge is 0.229 e. The molecule has 0 spiro atoms. The summed E-state index contributed by atoms with van der Waals surface area (Å²) in [7, 11) is 3.22. The fraction of sp³-hybridized carbons (Fsp3) is 0.238. The van der Waals surface area contributed by atoms with E-state index in [1.807, 2.05) is 24.3 Å². The van der Waals surface area contributed by atoms with Crippen molar-refractivity contribution in [1.82, 2.24) is 9.97 Å². The highest BCUT2D eigenvalue weighted by Gasteiger charge is 2.11. The molecule has 0 saturated carbocycles. The molecule has 140 valence electrons. The van der Waals surface area contributed by atoms with Crippen LogP contribution in [0.4, 0.5) is 23.1 Å². The summed E-state index contributed by atoms with van der Waals surface area (Å²) in [4.78, 5) is 11.2. The van der Waals surface area contributed by atoms with E-state index in [0.717, 1.165) is 23.7 Å². The lowest BCUT2D eigenvalue weighted by atomic mass is 10.2. The van der Waals surface area contributed by atoms with Gasteiger partial charge in [0.15, 0.2) is 11.5 Å². The van der Waals surface area contributed by atoms with Crippen LogP contribution in [0.1, 0.15) is 12.5 Å². The summed E-state index contributed by atoms with van der Waals surface area (Å²) in [6.07, 6.45) is 1.75. The molecule has 27 heavy (non-hydrogen) atoms. The predicted molar refractivity (Wildman–Crippen MR) is 109 cm³/mol. The van der Waals surface area contributed by atoms with E-state index < -0.39 is 0 Å². The van der Waals surface area contributed by atoms with Gasteiger partial charge in [-0.05, 0) is 49.7 Å². The van der Waals surface area contributed by atoms with Crippen molar-refractivity contribution in [2.24, 2.45) is 0 Å². The second-order valence-corrected chi connectivity index (χ2v) is 6.02. The molecule has 0 aliphatic carbocycles. The summed E-state index contributed by atoms with van der Waals surface area (Å²) in [6, 6.07) is 15.9. The van der Waals surface area contributed by atoms with Crippen LogP contribution in [0.2, 0.25) is 0 Å². The number of methoxy groups -OCH3 is 2. The molecule has 0 atom stereocenters. The van der Waals surface area contributed by atoms with Gasteiger partial charge in [0.05, 0.1) is 14.2 Å². The number of hydrogen-bond donors (Lipinski definition) is 1. The molecule has 0 fully saturated rings. The first kappa shape index (κ1) is 18.5. The molecule has 3 aromatic rings. The number of nitrogens with zero attached hydrogens (tertiary/aromatic N) is 3. The summed E-state index contributed by atoms with van der Waals surface area (Å²) in [5.41, 5.74) is 3.14.